The van der Waals surface area contributed by atoms with E-state index in [-0.39, 0.29) is 0 Å². The number of ether oxygens (including phenoxy) is 1. The zero-order chi connectivity index (χ0) is 11.6. The van der Waals surface area contributed by atoms with Crippen molar-refractivity contribution in [3.05, 3.63) is 27.7 Å². The molecule has 15 heavy (non-hydrogen) atoms. The molecule has 0 atom stereocenters. The van der Waals surface area contributed by atoms with Gasteiger partial charge in [0.15, 0.2) is 0 Å². The van der Waals surface area contributed by atoms with Crippen molar-refractivity contribution >= 4 is 15.9 Å². The number of hydrogen-bond acceptors (Lipinski definition) is 2. The highest BCUT2D eigenvalue weighted by Gasteiger charge is 2.14. The summed E-state index contributed by atoms with van der Waals surface area (Å²) in [6.07, 6.45) is 0. The Hall–Kier alpha value is -0.540. The van der Waals surface area contributed by atoms with Crippen LogP contribution in [0.1, 0.15) is 25.0 Å². The monoisotopic (exact) mass is 272 g/mol. The van der Waals surface area contributed by atoms with Crippen LogP contribution in [-0.2, 0) is 0 Å². The highest BCUT2D eigenvalue weighted by Crippen LogP contribution is 2.27. The van der Waals surface area contributed by atoms with Crippen molar-refractivity contribution in [3.8, 4) is 5.75 Å². The molecule has 1 aromatic carbocycles. The van der Waals surface area contributed by atoms with Crippen LogP contribution < -0.4 is 4.74 Å². The smallest absolute Gasteiger partial charge is 0.122 e. The molecule has 0 aliphatic rings. The number of halogens is 1. The van der Waals surface area contributed by atoms with Crippen LogP contribution in [0.15, 0.2) is 16.6 Å². The van der Waals surface area contributed by atoms with Crippen LogP contribution in [0.5, 0.6) is 5.75 Å². The summed E-state index contributed by atoms with van der Waals surface area (Å²) in [4.78, 5) is 0. The van der Waals surface area contributed by atoms with Gasteiger partial charge in [-0.25, -0.2) is 0 Å². The van der Waals surface area contributed by atoms with Gasteiger partial charge in [-0.3, -0.25) is 0 Å². The van der Waals surface area contributed by atoms with Gasteiger partial charge in [-0.15, -0.1) is 0 Å². The lowest BCUT2D eigenvalue weighted by molar-refractivity contribution is 0.0282. The molecular weight excluding hydrogens is 256 g/mol. The Kier molecular flexibility index (Phi) is 3.79. The van der Waals surface area contributed by atoms with Crippen LogP contribution in [0.25, 0.3) is 0 Å². The van der Waals surface area contributed by atoms with Crippen molar-refractivity contribution in [2.75, 3.05) is 6.61 Å². The summed E-state index contributed by atoms with van der Waals surface area (Å²) in [5, 5.41) is 9.56. The third-order valence-corrected chi connectivity index (χ3v) is 3.11. The van der Waals surface area contributed by atoms with Crippen LogP contribution in [0.4, 0.5) is 0 Å². The van der Waals surface area contributed by atoms with Crippen LogP contribution >= 0.6 is 15.9 Å². The average Bonchev–Trinajstić information content (AvgIpc) is 2.12. The molecule has 0 aromatic heterocycles. The number of aliphatic hydroxyl groups is 1. The number of benzene rings is 1. The van der Waals surface area contributed by atoms with Crippen molar-refractivity contribution in [1.29, 1.82) is 0 Å². The molecule has 0 saturated heterocycles. The first kappa shape index (κ1) is 12.5. The number of rotatable bonds is 3. The Morgan fingerprint density at radius 1 is 1.27 bits per heavy atom. The van der Waals surface area contributed by atoms with Gasteiger partial charge in [-0.05, 0) is 51.0 Å². The standard InChI is InChI=1S/C12H17BrO2/c1-8-9(2)11(6-5-10(8)13)15-7-12(3,4)14/h5-6,14H,7H2,1-4H3. The molecule has 1 aromatic rings. The molecular formula is C12H17BrO2. The largest absolute Gasteiger partial charge is 0.490 e. The molecule has 0 bridgehead atoms. The van der Waals surface area contributed by atoms with Gasteiger partial charge < -0.3 is 9.84 Å². The fourth-order valence-electron chi connectivity index (χ4n) is 1.17. The second kappa shape index (κ2) is 4.54. The molecule has 0 amide bonds. The van der Waals surface area contributed by atoms with E-state index in [4.69, 9.17) is 4.74 Å². The van der Waals surface area contributed by atoms with Crippen LogP contribution in [0.3, 0.4) is 0 Å². The van der Waals surface area contributed by atoms with Gasteiger partial charge in [0, 0.05) is 4.47 Å². The zero-order valence-electron chi connectivity index (χ0n) is 9.60. The molecule has 0 aliphatic heterocycles. The third kappa shape index (κ3) is 3.50. The molecule has 3 heteroatoms. The molecule has 0 fully saturated rings. The van der Waals surface area contributed by atoms with E-state index in [0.717, 1.165) is 15.8 Å². The van der Waals surface area contributed by atoms with E-state index in [1.807, 2.05) is 26.0 Å². The molecule has 1 N–H and O–H groups in total. The topological polar surface area (TPSA) is 29.5 Å². The van der Waals surface area contributed by atoms with Crippen molar-refractivity contribution in [3.63, 3.8) is 0 Å². The molecule has 0 heterocycles. The van der Waals surface area contributed by atoms with E-state index < -0.39 is 5.60 Å². The molecule has 1 rings (SSSR count). The molecule has 2 nitrogen and oxygen atoms in total. The highest BCUT2D eigenvalue weighted by molar-refractivity contribution is 9.10. The summed E-state index contributed by atoms with van der Waals surface area (Å²) in [7, 11) is 0. The number of hydrogen-bond donors (Lipinski definition) is 1. The SMILES string of the molecule is Cc1c(Br)ccc(OCC(C)(C)O)c1C. The quantitative estimate of drug-likeness (QED) is 0.916. The van der Waals surface area contributed by atoms with E-state index >= 15 is 0 Å². The second-order valence-electron chi connectivity index (χ2n) is 4.40. The maximum atomic E-state index is 9.56. The van der Waals surface area contributed by atoms with Gasteiger partial charge in [0.2, 0.25) is 0 Å². The van der Waals surface area contributed by atoms with Gasteiger partial charge in [0.1, 0.15) is 12.4 Å². The van der Waals surface area contributed by atoms with Crippen LogP contribution in [0, 0.1) is 13.8 Å². The summed E-state index contributed by atoms with van der Waals surface area (Å²) in [5.41, 5.74) is 1.48. The lowest BCUT2D eigenvalue weighted by Crippen LogP contribution is -2.28. The maximum Gasteiger partial charge on any atom is 0.122 e. The van der Waals surface area contributed by atoms with Crippen molar-refractivity contribution in [2.24, 2.45) is 0 Å². The van der Waals surface area contributed by atoms with E-state index in [2.05, 4.69) is 15.9 Å². The van der Waals surface area contributed by atoms with E-state index in [1.165, 1.54) is 5.56 Å². The van der Waals surface area contributed by atoms with Gasteiger partial charge in [-0.2, -0.15) is 0 Å². The van der Waals surface area contributed by atoms with E-state index in [1.54, 1.807) is 13.8 Å². The predicted molar refractivity (Wildman–Crippen MR) is 65.4 cm³/mol. The zero-order valence-corrected chi connectivity index (χ0v) is 11.2. The minimum absolute atomic E-state index is 0.301. The first-order valence-electron chi connectivity index (χ1n) is 4.92. The molecule has 0 aliphatic carbocycles. The predicted octanol–water partition coefficient (Wildman–Crippen LogP) is 3.22. The molecule has 0 spiro atoms. The maximum absolute atomic E-state index is 9.56. The van der Waals surface area contributed by atoms with Crippen LogP contribution in [0.2, 0.25) is 0 Å². The normalized spacial score (nSPS) is 11.6. The summed E-state index contributed by atoms with van der Waals surface area (Å²) < 4.78 is 6.65. The first-order valence-corrected chi connectivity index (χ1v) is 5.71. The molecule has 0 unspecified atom stereocenters. The van der Waals surface area contributed by atoms with E-state index in [9.17, 15) is 5.11 Å². The summed E-state index contributed by atoms with van der Waals surface area (Å²) in [6.45, 7) is 7.81. The van der Waals surface area contributed by atoms with Gasteiger partial charge in [-0.1, -0.05) is 15.9 Å². The van der Waals surface area contributed by atoms with Gasteiger partial charge in [0.05, 0.1) is 5.60 Å². The Morgan fingerprint density at radius 3 is 2.40 bits per heavy atom. The van der Waals surface area contributed by atoms with Crippen LogP contribution in [-0.4, -0.2) is 17.3 Å². The van der Waals surface area contributed by atoms with E-state index in [0.29, 0.717) is 6.61 Å². The van der Waals surface area contributed by atoms with Crippen molar-refractivity contribution in [2.45, 2.75) is 33.3 Å². The Labute approximate surface area is 99.4 Å². The van der Waals surface area contributed by atoms with Gasteiger partial charge in [0.25, 0.3) is 0 Å². The minimum atomic E-state index is -0.798. The Bertz CT molecular complexity index is 353. The van der Waals surface area contributed by atoms with Crippen molar-refractivity contribution in [1.82, 2.24) is 0 Å². The highest BCUT2D eigenvalue weighted by atomic mass is 79.9. The lowest BCUT2D eigenvalue weighted by Gasteiger charge is -2.19. The summed E-state index contributed by atoms with van der Waals surface area (Å²) in [5.74, 6) is 0.831. The Balaban J connectivity index is 2.83. The Morgan fingerprint density at radius 2 is 1.87 bits per heavy atom. The summed E-state index contributed by atoms with van der Waals surface area (Å²) >= 11 is 3.47. The molecule has 0 radical (unpaired) electrons. The fourth-order valence-corrected chi connectivity index (χ4v) is 1.60. The molecule has 0 saturated carbocycles. The second-order valence-corrected chi connectivity index (χ2v) is 5.25. The third-order valence-electron chi connectivity index (χ3n) is 2.25. The summed E-state index contributed by atoms with van der Waals surface area (Å²) in [6, 6.07) is 3.88. The fraction of sp³-hybridized carbons (Fsp3) is 0.500. The minimum Gasteiger partial charge on any atom is -0.490 e. The molecule has 84 valence electrons. The van der Waals surface area contributed by atoms with Crippen molar-refractivity contribution < 1.29 is 9.84 Å². The first-order chi connectivity index (χ1) is 6.81. The average molecular weight is 273 g/mol. The van der Waals surface area contributed by atoms with Gasteiger partial charge >= 0.3 is 0 Å². The lowest BCUT2D eigenvalue weighted by atomic mass is 10.1.